The van der Waals surface area contributed by atoms with Gasteiger partial charge in [-0.3, -0.25) is 4.90 Å². The van der Waals surface area contributed by atoms with E-state index in [9.17, 15) is 0 Å². The topological polar surface area (TPSA) is 61.8 Å². The molecule has 0 aliphatic heterocycles. The monoisotopic (exact) mass is 261 g/mol. The quantitative estimate of drug-likeness (QED) is 0.358. The Kier molecular flexibility index (Phi) is 5.59. The van der Waals surface area contributed by atoms with Crippen molar-refractivity contribution in [1.29, 1.82) is 0 Å². The lowest BCUT2D eigenvalue weighted by atomic mass is 10.3. The molecule has 90 valence electrons. The van der Waals surface area contributed by atoms with Crippen molar-refractivity contribution in [2.24, 2.45) is 10.9 Å². The normalized spacial score (nSPS) is 12.3. The van der Waals surface area contributed by atoms with Crippen LogP contribution in [0.15, 0.2) is 17.3 Å². The molecule has 0 fully saturated rings. The number of nitrogens with two attached hydrogens (primary N) is 1. The van der Waals surface area contributed by atoms with Gasteiger partial charge in [-0.1, -0.05) is 23.7 Å². The molecule has 0 amide bonds. The van der Waals surface area contributed by atoms with E-state index in [1.165, 1.54) is 4.88 Å². The fourth-order valence-corrected chi connectivity index (χ4v) is 2.58. The maximum Gasteiger partial charge on any atom is 0.153 e. The Morgan fingerprint density at radius 1 is 1.62 bits per heavy atom. The van der Waals surface area contributed by atoms with Crippen molar-refractivity contribution in [2.45, 2.75) is 19.9 Å². The molecule has 0 saturated carbocycles. The van der Waals surface area contributed by atoms with E-state index in [-0.39, 0.29) is 5.84 Å². The van der Waals surface area contributed by atoms with E-state index in [1.54, 1.807) is 11.3 Å². The number of amidine groups is 1. The minimum absolute atomic E-state index is 0.233. The van der Waals surface area contributed by atoms with Crippen molar-refractivity contribution in [3.05, 3.63) is 21.3 Å². The third-order valence-electron chi connectivity index (χ3n) is 2.06. The third-order valence-corrected chi connectivity index (χ3v) is 3.28. The van der Waals surface area contributed by atoms with Gasteiger partial charge in [-0.25, -0.2) is 0 Å². The van der Waals surface area contributed by atoms with Crippen LogP contribution in [0, 0.1) is 0 Å². The van der Waals surface area contributed by atoms with Gasteiger partial charge in [0.25, 0.3) is 0 Å². The summed E-state index contributed by atoms with van der Waals surface area (Å²) in [6.07, 6.45) is 1.03. The van der Waals surface area contributed by atoms with E-state index >= 15 is 0 Å². The highest BCUT2D eigenvalue weighted by Gasteiger charge is 2.08. The fraction of sp³-hybridized carbons (Fsp3) is 0.500. The van der Waals surface area contributed by atoms with E-state index in [0.717, 1.165) is 23.8 Å². The van der Waals surface area contributed by atoms with E-state index in [0.29, 0.717) is 6.54 Å². The first-order valence-corrected chi connectivity index (χ1v) is 6.28. The summed E-state index contributed by atoms with van der Waals surface area (Å²) in [5.41, 5.74) is 5.50. The zero-order valence-corrected chi connectivity index (χ0v) is 10.8. The van der Waals surface area contributed by atoms with Gasteiger partial charge in [-0.2, -0.15) is 0 Å². The maximum atomic E-state index is 8.54. The highest BCUT2D eigenvalue weighted by molar-refractivity contribution is 7.16. The Hall–Kier alpha value is -0.780. The van der Waals surface area contributed by atoms with Crippen LogP contribution in [0.2, 0.25) is 4.34 Å². The zero-order valence-electron chi connectivity index (χ0n) is 9.19. The number of hydrogen-bond donors (Lipinski definition) is 2. The molecule has 0 bridgehead atoms. The summed E-state index contributed by atoms with van der Waals surface area (Å²) in [5, 5.41) is 11.5. The summed E-state index contributed by atoms with van der Waals surface area (Å²) in [5.74, 6) is 0.233. The summed E-state index contributed by atoms with van der Waals surface area (Å²) >= 11 is 7.42. The molecule has 1 heterocycles. The largest absolute Gasteiger partial charge is 0.409 e. The van der Waals surface area contributed by atoms with Gasteiger partial charge < -0.3 is 10.9 Å². The number of halogens is 1. The second-order valence-electron chi connectivity index (χ2n) is 3.51. The first-order chi connectivity index (χ1) is 7.65. The predicted molar refractivity (Wildman–Crippen MR) is 68.3 cm³/mol. The van der Waals surface area contributed by atoms with Crippen LogP contribution >= 0.6 is 22.9 Å². The summed E-state index contributed by atoms with van der Waals surface area (Å²) in [4.78, 5) is 3.31. The van der Waals surface area contributed by atoms with E-state index in [2.05, 4.69) is 17.0 Å². The fourth-order valence-electron chi connectivity index (χ4n) is 1.45. The first kappa shape index (κ1) is 13.3. The molecule has 0 unspecified atom stereocenters. The molecule has 1 rings (SSSR count). The van der Waals surface area contributed by atoms with E-state index in [1.807, 2.05) is 12.1 Å². The van der Waals surface area contributed by atoms with Crippen LogP contribution in [-0.4, -0.2) is 29.0 Å². The second-order valence-corrected chi connectivity index (χ2v) is 5.31. The lowest BCUT2D eigenvalue weighted by Crippen LogP contribution is -2.33. The average Bonchev–Trinajstić information content (AvgIpc) is 2.64. The van der Waals surface area contributed by atoms with Crippen LogP contribution in [-0.2, 0) is 6.54 Å². The molecule has 0 atom stereocenters. The molecule has 4 nitrogen and oxygen atoms in total. The van der Waals surface area contributed by atoms with Crippen molar-refractivity contribution < 1.29 is 5.21 Å². The second kappa shape index (κ2) is 6.73. The molecule has 0 saturated heterocycles. The molecule has 0 spiro atoms. The molecular formula is C10H16ClN3OS. The Balaban J connectivity index is 2.57. The molecule has 0 radical (unpaired) electrons. The highest BCUT2D eigenvalue weighted by atomic mass is 35.5. The van der Waals surface area contributed by atoms with Crippen LogP contribution < -0.4 is 5.73 Å². The summed E-state index contributed by atoms with van der Waals surface area (Å²) in [7, 11) is 0. The van der Waals surface area contributed by atoms with Crippen molar-refractivity contribution in [1.82, 2.24) is 4.90 Å². The van der Waals surface area contributed by atoms with Gasteiger partial charge in [0.15, 0.2) is 5.84 Å². The van der Waals surface area contributed by atoms with Crippen molar-refractivity contribution in [2.75, 3.05) is 13.1 Å². The lowest BCUT2D eigenvalue weighted by molar-refractivity contribution is 0.287. The van der Waals surface area contributed by atoms with Crippen molar-refractivity contribution in [3.63, 3.8) is 0 Å². The number of thiophene rings is 1. The Labute approximate surface area is 104 Å². The third kappa shape index (κ3) is 4.38. The van der Waals surface area contributed by atoms with Crippen LogP contribution in [0.5, 0.6) is 0 Å². The van der Waals surface area contributed by atoms with E-state index < -0.39 is 0 Å². The van der Waals surface area contributed by atoms with Crippen molar-refractivity contribution >= 4 is 28.8 Å². The minimum atomic E-state index is 0.233. The number of oxime groups is 1. The number of rotatable bonds is 6. The molecule has 0 aromatic carbocycles. The van der Waals surface area contributed by atoms with E-state index in [4.69, 9.17) is 22.5 Å². The van der Waals surface area contributed by atoms with Gasteiger partial charge in [0.2, 0.25) is 0 Å². The number of hydrogen-bond acceptors (Lipinski definition) is 4. The van der Waals surface area contributed by atoms with Crippen LogP contribution in [0.1, 0.15) is 18.2 Å². The summed E-state index contributed by atoms with van der Waals surface area (Å²) < 4.78 is 0.787. The number of nitrogens with zero attached hydrogens (tertiary/aromatic N) is 2. The van der Waals surface area contributed by atoms with Crippen LogP contribution in [0.3, 0.4) is 0 Å². The van der Waals surface area contributed by atoms with Gasteiger partial charge in [-0.15, -0.1) is 11.3 Å². The van der Waals surface area contributed by atoms with Crippen LogP contribution in [0.25, 0.3) is 0 Å². The average molecular weight is 262 g/mol. The minimum Gasteiger partial charge on any atom is -0.409 e. The highest BCUT2D eigenvalue weighted by Crippen LogP contribution is 2.22. The predicted octanol–water partition coefficient (Wildman–Crippen LogP) is 2.36. The lowest BCUT2D eigenvalue weighted by Gasteiger charge is -2.19. The molecule has 1 aromatic rings. The summed E-state index contributed by atoms with van der Waals surface area (Å²) in [6.45, 7) is 4.26. The van der Waals surface area contributed by atoms with Gasteiger partial charge in [0, 0.05) is 11.4 Å². The Morgan fingerprint density at radius 3 is 2.88 bits per heavy atom. The van der Waals surface area contributed by atoms with Gasteiger partial charge >= 0.3 is 0 Å². The molecule has 6 heteroatoms. The SMILES string of the molecule is CCCN(CC(N)=NO)Cc1ccc(Cl)s1. The standard InChI is InChI=1S/C10H16ClN3OS/c1-2-5-14(7-10(12)13-15)6-8-3-4-9(11)16-8/h3-4,15H,2,5-7H2,1H3,(H2,12,13). The van der Waals surface area contributed by atoms with Gasteiger partial charge in [-0.05, 0) is 25.1 Å². The molecule has 0 aliphatic carbocycles. The smallest absolute Gasteiger partial charge is 0.153 e. The zero-order chi connectivity index (χ0) is 12.0. The van der Waals surface area contributed by atoms with Gasteiger partial charge in [0.1, 0.15) is 0 Å². The maximum absolute atomic E-state index is 8.54. The molecule has 1 aromatic heterocycles. The van der Waals surface area contributed by atoms with Gasteiger partial charge in [0.05, 0.1) is 10.9 Å². The summed E-state index contributed by atoms with van der Waals surface area (Å²) in [6, 6.07) is 3.89. The molecule has 16 heavy (non-hydrogen) atoms. The molecule has 0 aliphatic rings. The Morgan fingerprint density at radius 2 is 2.38 bits per heavy atom. The van der Waals surface area contributed by atoms with Crippen molar-refractivity contribution in [3.8, 4) is 0 Å². The first-order valence-electron chi connectivity index (χ1n) is 5.08. The Bertz CT molecular complexity index is 354. The van der Waals surface area contributed by atoms with Crippen LogP contribution in [0.4, 0.5) is 0 Å². The molecule has 3 N–H and O–H groups in total. The molecular weight excluding hydrogens is 246 g/mol.